The van der Waals surface area contributed by atoms with Crippen molar-refractivity contribution in [1.29, 1.82) is 0 Å². The Morgan fingerprint density at radius 2 is 0.828 bits per heavy atom. The molecule has 134 heavy (non-hydrogen) atoms. The van der Waals surface area contributed by atoms with Crippen LogP contribution in [0.4, 0.5) is 103 Å². The van der Waals surface area contributed by atoms with Gasteiger partial charge in [-0.25, -0.2) is 28.0 Å². The van der Waals surface area contributed by atoms with Crippen LogP contribution in [0.15, 0.2) is 207 Å². The van der Waals surface area contributed by atoms with Crippen molar-refractivity contribution in [2.75, 3.05) is 86.7 Å². The number of nitrogens with zero attached hydrogens (tertiary/aromatic N) is 9. The molecule has 1 saturated carbocycles. The number of rotatable bonds is 29. The molecule has 5 fully saturated rings. The lowest BCUT2D eigenvalue weighted by atomic mass is 9.79. The standard InChI is InChI=1S/C29H32F3N3O2.C26H31F4N3O.C25H31F4N3O.C22H27F3N4O/c1-3-5-8-16-34-17-14-26(15-18-34)35(21-23-11-7-6-10-22(23)19-27(36)4-2)28(37)33-25-13-9-12-24(20-25)29(30,31)32;1-18(20-8-5-9-20)32-12-10-24(11-13-32)33(17-19-6-3-2-4-7-19)25(34)31-23-15-21(26(28,29)30)14-22(27)16-23;1-3-22(4-2)31-12-10-23(11-13-31)32(17-18-8-6-5-7-9-18)24(33)30-21-15-19(25(27,28)29)14-20(26)16-21;1-2-11-28-12-8-20(9-13-28)29(16-17-5-4-10-26-15-17)21(30)27-19-7-3-6-18(14-19)22(23,24)25/h1,4,6-7,9-13,20,26H,2,5,8,14-19,21H2,(H,33,37);2-4,6-7,14-16,18,20,24H,5,8-13,17H2,1H3,(H,31,34);5-9,14-16,22-23H,3-4,10-13,17H2,1-2H3,(H,30,33);3-7,10,14-15,20H,2,8-9,11-13,16H2,1H3,(H,27,30). The van der Waals surface area contributed by atoms with E-state index in [0.717, 1.165) is 225 Å². The van der Waals surface area contributed by atoms with Crippen molar-refractivity contribution < 1.29 is 85.4 Å². The smallest absolute Gasteiger partial charge is 0.317 e. The number of amides is 8. The first-order valence-corrected chi connectivity index (χ1v) is 45.9. The van der Waals surface area contributed by atoms with Crippen LogP contribution in [0.25, 0.3) is 0 Å². The molecule has 1 unspecified atom stereocenters. The van der Waals surface area contributed by atoms with E-state index in [2.05, 4.69) is 86.0 Å². The zero-order valence-electron chi connectivity index (χ0n) is 76.2. The highest BCUT2D eigenvalue weighted by Crippen LogP contribution is 2.39. The normalized spacial score (nSPS) is 16.2. The van der Waals surface area contributed by atoms with Gasteiger partial charge in [0.2, 0.25) is 0 Å². The monoisotopic (exact) mass is 1870 g/mol. The fraction of sp³-hybridized carbons (Fsp3) is 0.451. The van der Waals surface area contributed by atoms with Crippen molar-refractivity contribution in [2.24, 2.45) is 5.92 Å². The first kappa shape index (κ1) is 105. The molecule has 4 aliphatic heterocycles. The summed E-state index contributed by atoms with van der Waals surface area (Å²) >= 11 is 0. The fourth-order valence-electron chi connectivity index (χ4n) is 17.8. The van der Waals surface area contributed by atoms with Crippen molar-refractivity contribution in [1.82, 2.24) is 44.2 Å². The number of halogens is 14. The second-order valence-electron chi connectivity index (χ2n) is 34.7. The van der Waals surface area contributed by atoms with Gasteiger partial charge in [0, 0.05) is 163 Å². The maximum Gasteiger partial charge on any atom is 0.416 e. The molecule has 13 rings (SSSR count). The average molecular weight is 1880 g/mol. The van der Waals surface area contributed by atoms with Gasteiger partial charge >= 0.3 is 48.8 Å². The fourth-order valence-corrected chi connectivity index (χ4v) is 17.8. The molecule has 722 valence electrons. The van der Waals surface area contributed by atoms with Crippen molar-refractivity contribution in [3.05, 3.63) is 269 Å². The molecular weight excluding hydrogens is 1750 g/mol. The molecular formula is C102H121F14N13O5. The average Bonchev–Trinajstić information content (AvgIpc) is 0.763. The lowest BCUT2D eigenvalue weighted by Crippen LogP contribution is -2.51. The van der Waals surface area contributed by atoms with Gasteiger partial charge in [0.1, 0.15) is 11.6 Å². The summed E-state index contributed by atoms with van der Waals surface area (Å²) in [5.41, 5.74) is 0.256. The summed E-state index contributed by atoms with van der Waals surface area (Å²) in [4.78, 5) is 85.5. The number of urea groups is 4. The number of piperidine rings is 4. The molecule has 7 aromatic carbocycles. The van der Waals surface area contributed by atoms with Gasteiger partial charge in [0.15, 0.2) is 5.78 Å². The number of hydrogen-bond donors (Lipinski definition) is 4. The van der Waals surface area contributed by atoms with Crippen LogP contribution in [0.3, 0.4) is 0 Å². The van der Waals surface area contributed by atoms with Crippen LogP contribution in [0.5, 0.6) is 0 Å². The highest BCUT2D eigenvalue weighted by atomic mass is 19.4. The number of anilines is 4. The van der Waals surface area contributed by atoms with Crippen LogP contribution in [0.1, 0.15) is 180 Å². The molecule has 4 N–H and O–H groups in total. The van der Waals surface area contributed by atoms with E-state index in [1.54, 1.807) is 32.0 Å². The van der Waals surface area contributed by atoms with Crippen LogP contribution in [-0.4, -0.2) is 176 Å². The molecule has 8 aromatic rings. The summed E-state index contributed by atoms with van der Waals surface area (Å²) in [5.74, 6) is 1.17. The molecule has 1 atom stereocenters. The van der Waals surface area contributed by atoms with E-state index in [9.17, 15) is 85.4 Å². The molecule has 18 nitrogen and oxygen atoms in total. The molecule has 0 radical (unpaired) electrons. The molecule has 0 bridgehead atoms. The van der Waals surface area contributed by atoms with E-state index < -0.39 is 82.7 Å². The summed E-state index contributed by atoms with van der Waals surface area (Å²) < 4.78 is 185. The Hall–Kier alpha value is -11.4. The maximum atomic E-state index is 13.9. The number of terminal acetylenes is 1. The number of carbonyl (C=O) groups is 5. The van der Waals surface area contributed by atoms with E-state index >= 15 is 0 Å². The molecule has 4 saturated heterocycles. The van der Waals surface area contributed by atoms with Crippen LogP contribution >= 0.6 is 0 Å². The van der Waals surface area contributed by atoms with E-state index in [1.807, 2.05) is 97.1 Å². The summed E-state index contributed by atoms with van der Waals surface area (Å²) in [6.07, 6.45) is 6.69. The molecule has 0 spiro atoms. The van der Waals surface area contributed by atoms with E-state index in [0.29, 0.717) is 50.3 Å². The summed E-state index contributed by atoms with van der Waals surface area (Å²) in [7, 11) is 0. The zero-order chi connectivity index (χ0) is 96.7. The highest BCUT2D eigenvalue weighted by Gasteiger charge is 2.40. The third-order valence-electron chi connectivity index (χ3n) is 25.5. The number of ketones is 1. The summed E-state index contributed by atoms with van der Waals surface area (Å²) in [6, 6.07) is 42.5. The number of alkyl halides is 12. The molecule has 1 aromatic heterocycles. The Bertz CT molecular complexity index is 5080. The van der Waals surface area contributed by atoms with Crippen molar-refractivity contribution in [3.8, 4) is 12.3 Å². The Balaban J connectivity index is 0.000000185. The second-order valence-corrected chi connectivity index (χ2v) is 34.7. The van der Waals surface area contributed by atoms with Crippen molar-refractivity contribution in [3.63, 3.8) is 0 Å². The van der Waals surface area contributed by atoms with Crippen LogP contribution in [0, 0.1) is 29.9 Å². The predicted molar refractivity (Wildman–Crippen MR) is 494 cm³/mol. The lowest BCUT2D eigenvalue weighted by molar-refractivity contribution is -0.138. The molecule has 5 heterocycles. The Kier molecular flexibility index (Phi) is 39.3. The Labute approximate surface area is 776 Å². The molecule has 32 heteroatoms. The van der Waals surface area contributed by atoms with Gasteiger partial charge in [0.05, 0.1) is 22.3 Å². The number of allylic oxidation sites excluding steroid dienone is 1. The van der Waals surface area contributed by atoms with Gasteiger partial charge in [-0.05, 0) is 229 Å². The van der Waals surface area contributed by atoms with Crippen LogP contribution in [-0.2, 0) is 62.1 Å². The number of nitrogens with one attached hydrogen (secondary N) is 4. The number of carbonyl (C=O) groups excluding carboxylic acids is 5. The van der Waals surface area contributed by atoms with Gasteiger partial charge in [0.25, 0.3) is 0 Å². The van der Waals surface area contributed by atoms with E-state index in [4.69, 9.17) is 6.42 Å². The van der Waals surface area contributed by atoms with Crippen LogP contribution in [0.2, 0.25) is 0 Å². The Morgan fingerprint density at radius 1 is 0.448 bits per heavy atom. The van der Waals surface area contributed by atoms with Gasteiger partial charge in [-0.1, -0.05) is 137 Å². The number of hydrogen-bond acceptors (Lipinski definition) is 10. The SMILES string of the molecule is C#CCCCN1CCC(N(Cc2ccccc2CC(=O)C=C)C(=O)Nc2cccc(C(F)(F)F)c2)CC1.CC(C1CCC1)N1CCC(N(Cc2ccccc2)C(=O)Nc2cc(F)cc(C(F)(F)F)c2)CC1.CCC(CC)N1CCC(N(Cc2ccccc2)C(=O)Nc2cc(F)cc(C(F)(F)F)c2)CC1.CCCN1CCC(N(Cc2cccnc2)C(=O)Nc2cccc(C(F)(F)F)c2)CC1. The van der Waals surface area contributed by atoms with E-state index in [1.165, 1.54) is 49.6 Å². The first-order chi connectivity index (χ1) is 64.0. The van der Waals surface area contributed by atoms with Crippen LogP contribution < -0.4 is 21.3 Å². The second kappa shape index (κ2) is 50.3. The topological polar surface area (TPSA) is 172 Å². The minimum absolute atomic E-state index is 0.0177. The lowest BCUT2D eigenvalue weighted by Gasteiger charge is -2.44. The summed E-state index contributed by atoms with van der Waals surface area (Å²) in [6.45, 7) is 22.3. The van der Waals surface area contributed by atoms with E-state index in [-0.39, 0.29) is 65.7 Å². The van der Waals surface area contributed by atoms with Crippen molar-refractivity contribution >= 4 is 52.7 Å². The quantitative estimate of drug-likeness (QED) is 0.0153. The van der Waals surface area contributed by atoms with Gasteiger partial charge in [-0.15, -0.1) is 12.3 Å². The van der Waals surface area contributed by atoms with Gasteiger partial charge in [-0.2, -0.15) is 52.7 Å². The largest absolute Gasteiger partial charge is 0.416 e. The molecule has 8 amide bonds. The molecule has 1 aliphatic carbocycles. The zero-order valence-corrected chi connectivity index (χ0v) is 76.2. The predicted octanol–water partition coefficient (Wildman–Crippen LogP) is 24.0. The third-order valence-corrected chi connectivity index (χ3v) is 25.5. The minimum Gasteiger partial charge on any atom is -0.317 e. The highest BCUT2D eigenvalue weighted by molar-refractivity contribution is 5.93. The minimum atomic E-state index is -4.70. The first-order valence-electron chi connectivity index (χ1n) is 45.9. The van der Waals surface area contributed by atoms with Gasteiger partial charge < -0.3 is 60.5 Å². The van der Waals surface area contributed by atoms with Crippen molar-refractivity contribution in [2.45, 2.75) is 224 Å². The number of benzene rings is 7. The molecule has 5 aliphatic rings. The Morgan fingerprint density at radius 3 is 1.22 bits per heavy atom. The maximum absolute atomic E-state index is 13.9. The number of pyridine rings is 1. The number of unbranched alkanes of at least 4 members (excludes halogenated alkanes) is 1. The number of likely N-dealkylation sites (tertiary alicyclic amines) is 4. The van der Waals surface area contributed by atoms with Gasteiger partial charge in [-0.3, -0.25) is 9.78 Å². The third kappa shape index (κ3) is 32.2. The summed E-state index contributed by atoms with van der Waals surface area (Å²) in [5, 5.41) is 10.3. The number of aromatic nitrogens is 1.